The lowest BCUT2D eigenvalue weighted by Gasteiger charge is -2.16. The van der Waals surface area contributed by atoms with E-state index in [1.54, 1.807) is 7.05 Å². The second kappa shape index (κ2) is 7.51. The molecule has 0 radical (unpaired) electrons. The van der Waals surface area contributed by atoms with Gasteiger partial charge in [0.05, 0.1) is 15.1 Å². The first kappa shape index (κ1) is 20.0. The van der Waals surface area contributed by atoms with Crippen LogP contribution in [0.3, 0.4) is 0 Å². The van der Waals surface area contributed by atoms with Gasteiger partial charge in [0, 0.05) is 25.7 Å². The highest BCUT2D eigenvalue weighted by molar-refractivity contribution is 7.89. The maximum absolute atomic E-state index is 12.6. The summed E-state index contributed by atoms with van der Waals surface area (Å²) < 4.78 is 29.6. The van der Waals surface area contributed by atoms with Gasteiger partial charge < -0.3 is 4.57 Å². The molecule has 29 heavy (non-hydrogen) atoms. The Kier molecular flexibility index (Phi) is 5.18. The number of fused-ring (bicyclic) bond motifs is 1. The summed E-state index contributed by atoms with van der Waals surface area (Å²) in [5, 5.41) is 0. The molecule has 8 heteroatoms. The van der Waals surface area contributed by atoms with Gasteiger partial charge in [0.1, 0.15) is 0 Å². The third-order valence-corrected chi connectivity index (χ3v) is 8.34. The van der Waals surface area contributed by atoms with Gasteiger partial charge in [-0.3, -0.25) is 4.79 Å². The van der Waals surface area contributed by atoms with Gasteiger partial charge in [0.25, 0.3) is 5.91 Å². The van der Waals surface area contributed by atoms with E-state index in [0.29, 0.717) is 10.4 Å². The van der Waals surface area contributed by atoms with E-state index in [1.807, 2.05) is 17.7 Å². The minimum Gasteiger partial charge on any atom is -0.319 e. The van der Waals surface area contributed by atoms with E-state index < -0.39 is 10.0 Å². The summed E-state index contributed by atoms with van der Waals surface area (Å²) in [6.07, 6.45) is 2.75. The predicted octanol–water partition coefficient (Wildman–Crippen LogP) is 3.33. The van der Waals surface area contributed by atoms with Crippen LogP contribution >= 0.6 is 11.3 Å². The Hall–Kier alpha value is -2.29. The SMILES string of the molecule is CCc1ccc2c(c1)sc(=NC(=O)c1ccc(S(=O)(=O)N(C)C3CC3)cc1)n2C. The Morgan fingerprint density at radius 2 is 1.90 bits per heavy atom. The summed E-state index contributed by atoms with van der Waals surface area (Å²) in [7, 11) is -0.0256. The smallest absolute Gasteiger partial charge is 0.279 e. The van der Waals surface area contributed by atoms with Crippen LogP contribution in [-0.4, -0.2) is 36.3 Å². The molecule has 2 aromatic carbocycles. The monoisotopic (exact) mass is 429 g/mol. The maximum atomic E-state index is 12.6. The maximum Gasteiger partial charge on any atom is 0.279 e. The average molecular weight is 430 g/mol. The third-order valence-electron chi connectivity index (χ3n) is 5.32. The van der Waals surface area contributed by atoms with Crippen LogP contribution in [0.1, 0.15) is 35.7 Å². The number of amides is 1. The molecule has 0 bridgehead atoms. The molecule has 0 N–H and O–H groups in total. The van der Waals surface area contributed by atoms with E-state index in [1.165, 1.54) is 45.5 Å². The quantitative estimate of drug-likeness (QED) is 0.625. The van der Waals surface area contributed by atoms with Crippen molar-refractivity contribution in [3.05, 3.63) is 58.4 Å². The second-order valence-electron chi connectivity index (χ2n) is 7.29. The van der Waals surface area contributed by atoms with Crippen LogP contribution in [0.25, 0.3) is 10.2 Å². The third kappa shape index (κ3) is 3.80. The summed E-state index contributed by atoms with van der Waals surface area (Å²) in [5.41, 5.74) is 2.64. The molecular formula is C21H23N3O3S2. The predicted molar refractivity (Wildman–Crippen MR) is 114 cm³/mol. The molecule has 0 unspecified atom stereocenters. The molecule has 6 nitrogen and oxygen atoms in total. The number of hydrogen-bond donors (Lipinski definition) is 0. The minimum atomic E-state index is -3.52. The van der Waals surface area contributed by atoms with Crippen molar-refractivity contribution in [2.45, 2.75) is 37.1 Å². The van der Waals surface area contributed by atoms with Crippen molar-refractivity contribution < 1.29 is 13.2 Å². The van der Waals surface area contributed by atoms with Gasteiger partial charge >= 0.3 is 0 Å². The van der Waals surface area contributed by atoms with Crippen molar-refractivity contribution in [1.82, 2.24) is 8.87 Å². The second-order valence-corrected chi connectivity index (χ2v) is 10.3. The van der Waals surface area contributed by atoms with Crippen LogP contribution in [0, 0.1) is 0 Å². The van der Waals surface area contributed by atoms with Crippen LogP contribution in [0.2, 0.25) is 0 Å². The minimum absolute atomic E-state index is 0.0949. The molecular weight excluding hydrogens is 406 g/mol. The number of nitrogens with zero attached hydrogens (tertiary/aromatic N) is 3. The number of carbonyl (C=O) groups is 1. The molecule has 1 aliphatic carbocycles. The van der Waals surface area contributed by atoms with Gasteiger partial charge in [-0.25, -0.2) is 8.42 Å². The number of aryl methyl sites for hydroxylation is 2. The number of thiazole rings is 1. The first-order chi connectivity index (χ1) is 13.8. The fourth-order valence-electron chi connectivity index (χ4n) is 3.23. The molecule has 1 saturated carbocycles. The van der Waals surface area contributed by atoms with E-state index in [-0.39, 0.29) is 16.8 Å². The van der Waals surface area contributed by atoms with Crippen molar-refractivity contribution in [3.63, 3.8) is 0 Å². The Balaban J connectivity index is 1.63. The fourth-order valence-corrected chi connectivity index (χ4v) is 5.72. The summed E-state index contributed by atoms with van der Waals surface area (Å²) in [4.78, 5) is 17.7. The summed E-state index contributed by atoms with van der Waals surface area (Å²) in [6, 6.07) is 12.4. The Bertz CT molecular complexity index is 1250. The van der Waals surface area contributed by atoms with E-state index >= 15 is 0 Å². The molecule has 0 atom stereocenters. The van der Waals surface area contributed by atoms with Crippen molar-refractivity contribution in [2.75, 3.05) is 7.05 Å². The molecule has 0 saturated heterocycles. The van der Waals surface area contributed by atoms with Gasteiger partial charge in [-0.2, -0.15) is 9.30 Å². The first-order valence-corrected chi connectivity index (χ1v) is 11.8. The Morgan fingerprint density at radius 1 is 1.21 bits per heavy atom. The molecule has 1 aliphatic rings. The van der Waals surface area contributed by atoms with Crippen LogP contribution < -0.4 is 4.80 Å². The van der Waals surface area contributed by atoms with Crippen LogP contribution in [0.5, 0.6) is 0 Å². The molecule has 3 aromatic rings. The van der Waals surface area contributed by atoms with Crippen molar-refractivity contribution >= 4 is 37.5 Å². The van der Waals surface area contributed by atoms with Crippen LogP contribution in [-0.2, 0) is 23.5 Å². The topological polar surface area (TPSA) is 71.7 Å². The normalized spacial score (nSPS) is 15.4. The number of sulfonamides is 1. The van der Waals surface area contributed by atoms with E-state index in [9.17, 15) is 13.2 Å². The van der Waals surface area contributed by atoms with Gasteiger partial charge in [0.2, 0.25) is 10.0 Å². The lowest BCUT2D eigenvalue weighted by atomic mass is 10.2. The zero-order chi connectivity index (χ0) is 20.8. The zero-order valence-corrected chi connectivity index (χ0v) is 18.3. The largest absolute Gasteiger partial charge is 0.319 e. The van der Waals surface area contributed by atoms with Crippen molar-refractivity contribution in [1.29, 1.82) is 0 Å². The van der Waals surface area contributed by atoms with Gasteiger partial charge in [-0.15, -0.1) is 0 Å². The molecule has 1 heterocycles. The molecule has 1 amide bonds. The van der Waals surface area contributed by atoms with Gasteiger partial charge in [-0.1, -0.05) is 24.3 Å². The lowest BCUT2D eigenvalue weighted by Crippen LogP contribution is -2.28. The standard InChI is InChI=1S/C21H23N3O3S2/c1-4-14-5-12-18-19(13-14)28-21(23(18)2)22-20(25)15-6-10-17(11-7-15)29(26,27)24(3)16-8-9-16/h5-7,10-13,16H,4,8-9H2,1-3H3. The summed E-state index contributed by atoms with van der Waals surface area (Å²) in [6.45, 7) is 2.11. The lowest BCUT2D eigenvalue weighted by molar-refractivity contribution is 0.0998. The number of benzene rings is 2. The van der Waals surface area contributed by atoms with Gasteiger partial charge in [0.15, 0.2) is 4.80 Å². The number of aromatic nitrogens is 1. The highest BCUT2D eigenvalue weighted by Gasteiger charge is 2.34. The van der Waals surface area contributed by atoms with E-state index in [2.05, 4.69) is 24.0 Å². The van der Waals surface area contributed by atoms with Crippen LogP contribution in [0.4, 0.5) is 0 Å². The zero-order valence-electron chi connectivity index (χ0n) is 16.6. The highest BCUT2D eigenvalue weighted by atomic mass is 32.2. The highest BCUT2D eigenvalue weighted by Crippen LogP contribution is 2.30. The van der Waals surface area contributed by atoms with Crippen molar-refractivity contribution in [2.24, 2.45) is 12.0 Å². The van der Waals surface area contributed by atoms with E-state index in [4.69, 9.17) is 0 Å². The van der Waals surface area contributed by atoms with Crippen LogP contribution in [0.15, 0.2) is 52.4 Å². The number of rotatable bonds is 5. The fraction of sp³-hybridized carbons (Fsp3) is 0.333. The Morgan fingerprint density at radius 3 is 2.52 bits per heavy atom. The molecule has 0 spiro atoms. The number of hydrogen-bond acceptors (Lipinski definition) is 4. The summed E-state index contributed by atoms with van der Waals surface area (Å²) >= 11 is 1.47. The summed E-state index contributed by atoms with van der Waals surface area (Å²) in [5.74, 6) is -0.387. The first-order valence-electron chi connectivity index (χ1n) is 9.57. The number of carbonyl (C=O) groups excluding carboxylic acids is 1. The average Bonchev–Trinajstić information content (AvgIpc) is 3.53. The molecule has 152 valence electrons. The molecule has 0 aliphatic heterocycles. The van der Waals surface area contributed by atoms with Gasteiger partial charge in [-0.05, 0) is 61.2 Å². The molecule has 1 aromatic heterocycles. The van der Waals surface area contributed by atoms with Crippen molar-refractivity contribution in [3.8, 4) is 0 Å². The van der Waals surface area contributed by atoms with E-state index in [0.717, 1.165) is 29.5 Å². The molecule has 1 fully saturated rings. The molecule has 4 rings (SSSR count). The Labute approximate surface area is 174 Å².